The number of benzene rings is 2. The van der Waals surface area contributed by atoms with Crippen LogP contribution in [0.15, 0.2) is 52.9 Å². The van der Waals surface area contributed by atoms with Crippen molar-refractivity contribution < 1.29 is 18.0 Å². The van der Waals surface area contributed by atoms with Gasteiger partial charge in [0.1, 0.15) is 0 Å². The number of para-hydroxylation sites is 1. The fraction of sp³-hybridized carbons (Fsp3) is 0.238. The van der Waals surface area contributed by atoms with Crippen molar-refractivity contribution in [1.29, 1.82) is 0 Å². The molecule has 0 saturated carbocycles. The van der Waals surface area contributed by atoms with Gasteiger partial charge in [0.15, 0.2) is 0 Å². The normalized spacial score (nSPS) is 11.6. The minimum absolute atomic E-state index is 0.0392. The fourth-order valence-electron chi connectivity index (χ4n) is 2.73. The predicted octanol–water partition coefficient (Wildman–Crippen LogP) is 3.43. The minimum Gasteiger partial charge on any atom is -0.347 e. The van der Waals surface area contributed by atoms with E-state index in [0.717, 1.165) is 5.56 Å². The number of aryl methyl sites for hydroxylation is 1. The van der Waals surface area contributed by atoms with Gasteiger partial charge in [0.2, 0.25) is 5.13 Å². The summed E-state index contributed by atoms with van der Waals surface area (Å²) in [5, 5.41) is 12.9. The van der Waals surface area contributed by atoms with Crippen molar-refractivity contribution in [3.63, 3.8) is 0 Å². The molecule has 0 radical (unpaired) electrons. The van der Waals surface area contributed by atoms with E-state index >= 15 is 0 Å². The zero-order valence-electron chi connectivity index (χ0n) is 18.0. The number of sulfonamides is 1. The maximum Gasteiger partial charge on any atom is 0.291 e. The summed E-state index contributed by atoms with van der Waals surface area (Å²) in [5.74, 6) is -0.834. The van der Waals surface area contributed by atoms with Crippen molar-refractivity contribution in [2.45, 2.75) is 37.6 Å². The van der Waals surface area contributed by atoms with E-state index in [4.69, 9.17) is 0 Å². The van der Waals surface area contributed by atoms with Gasteiger partial charge in [-0.15, -0.1) is 10.2 Å². The summed E-state index contributed by atoms with van der Waals surface area (Å²) in [6.45, 7) is 7.27. The Hall–Kier alpha value is -3.31. The number of nitrogens with zero attached hydrogens (tertiary/aromatic N) is 2. The third kappa shape index (κ3) is 5.68. The van der Waals surface area contributed by atoms with E-state index < -0.39 is 27.4 Å². The van der Waals surface area contributed by atoms with Crippen molar-refractivity contribution in [3.8, 4) is 0 Å². The Morgan fingerprint density at radius 1 is 0.906 bits per heavy atom. The molecule has 0 aliphatic heterocycles. The standard InChI is InChI=1S/C21H23N5O4S2/c1-13-9-5-6-10-14(13)17(27)22-19-24-25-20(31-19)32(29,30)26-16-12-8-7-11-15(16)18(28)23-21(2,3)4/h5-12,26H,1-4H3,(H,23,28)(H,22,24,27). The highest BCUT2D eigenvalue weighted by atomic mass is 32.2. The quantitative estimate of drug-likeness (QED) is 0.470. The van der Waals surface area contributed by atoms with E-state index in [0.29, 0.717) is 16.9 Å². The van der Waals surface area contributed by atoms with Crippen molar-refractivity contribution in [2.24, 2.45) is 0 Å². The third-order valence-electron chi connectivity index (χ3n) is 4.15. The molecule has 32 heavy (non-hydrogen) atoms. The van der Waals surface area contributed by atoms with Crippen LogP contribution in [-0.2, 0) is 10.0 Å². The van der Waals surface area contributed by atoms with Crippen molar-refractivity contribution in [3.05, 3.63) is 65.2 Å². The largest absolute Gasteiger partial charge is 0.347 e. The molecule has 0 aliphatic rings. The lowest BCUT2D eigenvalue weighted by Crippen LogP contribution is -2.40. The molecule has 1 heterocycles. The first-order valence-electron chi connectivity index (χ1n) is 9.61. The lowest BCUT2D eigenvalue weighted by Gasteiger charge is -2.21. The Labute approximate surface area is 190 Å². The first kappa shape index (κ1) is 23.4. The molecule has 3 aromatic rings. The van der Waals surface area contributed by atoms with Gasteiger partial charge in [-0.05, 0) is 51.5 Å². The highest BCUT2D eigenvalue weighted by Gasteiger charge is 2.25. The molecule has 0 saturated heterocycles. The predicted molar refractivity (Wildman–Crippen MR) is 124 cm³/mol. The lowest BCUT2D eigenvalue weighted by molar-refractivity contribution is 0.0919. The molecular formula is C21H23N5O4S2. The molecule has 0 unspecified atom stereocenters. The molecule has 3 rings (SSSR count). The van der Waals surface area contributed by atoms with Crippen LogP contribution < -0.4 is 15.4 Å². The summed E-state index contributed by atoms with van der Waals surface area (Å²) in [6.07, 6.45) is 0. The number of rotatable bonds is 6. The Morgan fingerprint density at radius 2 is 1.53 bits per heavy atom. The second-order valence-corrected chi connectivity index (χ2v) is 10.8. The average Bonchev–Trinajstić information content (AvgIpc) is 3.16. The van der Waals surface area contributed by atoms with Gasteiger partial charge in [-0.25, -0.2) is 0 Å². The van der Waals surface area contributed by atoms with E-state index in [1.54, 1.807) is 37.3 Å². The SMILES string of the molecule is Cc1ccccc1C(=O)Nc1nnc(S(=O)(=O)Nc2ccccc2C(=O)NC(C)(C)C)s1. The number of nitrogens with one attached hydrogen (secondary N) is 3. The van der Waals surface area contributed by atoms with Crippen molar-refractivity contribution in [2.75, 3.05) is 10.0 Å². The van der Waals surface area contributed by atoms with Gasteiger partial charge >= 0.3 is 0 Å². The summed E-state index contributed by atoms with van der Waals surface area (Å²) in [7, 11) is -4.14. The molecule has 0 spiro atoms. The lowest BCUT2D eigenvalue weighted by atomic mass is 10.1. The molecular weight excluding hydrogens is 450 g/mol. The van der Waals surface area contributed by atoms with Crippen LogP contribution in [-0.4, -0.2) is 36.0 Å². The van der Waals surface area contributed by atoms with E-state index in [1.165, 1.54) is 12.1 Å². The van der Waals surface area contributed by atoms with Crippen LogP contribution in [0.3, 0.4) is 0 Å². The van der Waals surface area contributed by atoms with Crippen LogP contribution in [0.5, 0.6) is 0 Å². The monoisotopic (exact) mass is 473 g/mol. The molecule has 0 aliphatic carbocycles. The second-order valence-electron chi connectivity index (χ2n) is 8.00. The number of hydrogen-bond acceptors (Lipinski definition) is 7. The Bertz CT molecular complexity index is 1260. The minimum atomic E-state index is -4.14. The smallest absolute Gasteiger partial charge is 0.291 e. The number of amides is 2. The van der Waals surface area contributed by atoms with Gasteiger partial charge in [0.25, 0.3) is 26.2 Å². The van der Waals surface area contributed by atoms with Crippen LogP contribution in [0, 0.1) is 6.92 Å². The van der Waals surface area contributed by atoms with Crippen LogP contribution in [0.4, 0.5) is 10.8 Å². The van der Waals surface area contributed by atoms with Gasteiger partial charge in [0.05, 0.1) is 11.3 Å². The van der Waals surface area contributed by atoms with E-state index in [1.807, 2.05) is 26.8 Å². The molecule has 1 aromatic heterocycles. The summed E-state index contributed by atoms with van der Waals surface area (Å²) >= 11 is 0.707. The number of aromatic nitrogens is 2. The van der Waals surface area contributed by atoms with Gasteiger partial charge in [-0.2, -0.15) is 8.42 Å². The Balaban J connectivity index is 1.79. The summed E-state index contributed by atoms with van der Waals surface area (Å²) < 4.78 is 27.7. The second kappa shape index (κ2) is 9.05. The number of hydrogen-bond donors (Lipinski definition) is 3. The van der Waals surface area contributed by atoms with Crippen molar-refractivity contribution in [1.82, 2.24) is 15.5 Å². The number of carbonyl (C=O) groups is 2. The highest BCUT2D eigenvalue weighted by Crippen LogP contribution is 2.25. The van der Waals surface area contributed by atoms with E-state index in [9.17, 15) is 18.0 Å². The van der Waals surface area contributed by atoms with Crippen LogP contribution in [0.2, 0.25) is 0 Å². The molecule has 9 nitrogen and oxygen atoms in total. The summed E-state index contributed by atoms with van der Waals surface area (Å²) in [5.41, 5.74) is 1.00. The summed E-state index contributed by atoms with van der Waals surface area (Å²) in [6, 6.07) is 13.2. The first-order chi connectivity index (χ1) is 15.0. The molecule has 0 atom stereocenters. The number of carbonyl (C=O) groups excluding carboxylic acids is 2. The van der Waals surface area contributed by atoms with Crippen molar-refractivity contribution >= 4 is 44.0 Å². The van der Waals surface area contributed by atoms with Crippen LogP contribution >= 0.6 is 11.3 Å². The van der Waals surface area contributed by atoms with E-state index in [-0.39, 0.29) is 20.7 Å². The molecule has 0 fully saturated rings. The highest BCUT2D eigenvalue weighted by molar-refractivity contribution is 7.94. The topological polar surface area (TPSA) is 130 Å². The molecule has 0 bridgehead atoms. The van der Waals surface area contributed by atoms with Gasteiger partial charge in [0, 0.05) is 11.1 Å². The van der Waals surface area contributed by atoms with Crippen LogP contribution in [0.25, 0.3) is 0 Å². The molecule has 2 amide bonds. The van der Waals surface area contributed by atoms with Gasteiger partial charge < -0.3 is 5.32 Å². The zero-order chi connectivity index (χ0) is 23.5. The summed E-state index contributed by atoms with van der Waals surface area (Å²) in [4.78, 5) is 25.0. The molecule has 11 heteroatoms. The zero-order valence-corrected chi connectivity index (χ0v) is 19.6. The maximum atomic E-state index is 12.8. The Morgan fingerprint density at radius 3 is 2.19 bits per heavy atom. The number of anilines is 2. The molecule has 2 aromatic carbocycles. The molecule has 168 valence electrons. The van der Waals surface area contributed by atoms with Crippen LogP contribution in [0.1, 0.15) is 47.1 Å². The first-order valence-corrected chi connectivity index (χ1v) is 11.9. The maximum absolute atomic E-state index is 12.8. The molecule has 3 N–H and O–H groups in total. The fourth-order valence-corrected chi connectivity index (χ4v) is 4.70. The third-order valence-corrected chi connectivity index (χ3v) is 6.72. The van der Waals surface area contributed by atoms with E-state index in [2.05, 4.69) is 25.6 Å². The Kier molecular flexibility index (Phi) is 6.60. The average molecular weight is 474 g/mol. The van der Waals surface area contributed by atoms with Gasteiger partial charge in [-0.3, -0.25) is 19.6 Å². The van der Waals surface area contributed by atoms with Gasteiger partial charge in [-0.1, -0.05) is 41.7 Å².